The summed E-state index contributed by atoms with van der Waals surface area (Å²) in [7, 11) is 0. The molecule has 0 atom stereocenters. The van der Waals surface area contributed by atoms with Crippen LogP contribution in [-0.4, -0.2) is 20.6 Å². The van der Waals surface area contributed by atoms with Crippen LogP contribution in [0.4, 0.5) is 5.69 Å². The Balaban J connectivity index is 1.68. The number of carbonyl (C=O) groups is 1. The Labute approximate surface area is 109 Å². The fourth-order valence-corrected chi connectivity index (χ4v) is 2.31. The summed E-state index contributed by atoms with van der Waals surface area (Å²) >= 11 is 1.51. The molecule has 0 spiro atoms. The molecule has 0 bridgehead atoms. The zero-order valence-electron chi connectivity index (χ0n) is 9.61. The number of hydrogen-bond acceptors (Lipinski definition) is 4. The lowest BCUT2D eigenvalue weighted by Gasteiger charge is -2.01. The lowest BCUT2D eigenvalue weighted by molar-refractivity contribution is -0.105. The van der Waals surface area contributed by atoms with Crippen molar-refractivity contribution in [3.05, 3.63) is 36.4 Å². The van der Waals surface area contributed by atoms with E-state index in [1.807, 2.05) is 24.3 Å². The molecule has 0 saturated heterocycles. The van der Waals surface area contributed by atoms with E-state index in [2.05, 4.69) is 15.4 Å². The number of aromatic nitrogens is 3. The molecule has 0 radical (unpaired) electrons. The number of rotatable bonds is 5. The molecule has 92 valence electrons. The number of benzene rings is 1. The Morgan fingerprint density at radius 1 is 1.33 bits per heavy atom. The van der Waals surface area contributed by atoms with E-state index in [9.17, 15) is 4.79 Å². The highest BCUT2D eigenvalue weighted by atomic mass is 32.2. The summed E-state index contributed by atoms with van der Waals surface area (Å²) in [6.07, 6.45) is 4.83. The lowest BCUT2D eigenvalue weighted by atomic mass is 10.3. The summed E-state index contributed by atoms with van der Waals surface area (Å²) in [6, 6.07) is 7.59. The minimum absolute atomic E-state index is 0.575. The first kappa shape index (κ1) is 11.3. The second-order valence-corrected chi connectivity index (χ2v) is 5.19. The number of nitrogens with one attached hydrogen (secondary N) is 1. The van der Waals surface area contributed by atoms with Gasteiger partial charge in [-0.1, -0.05) is 0 Å². The van der Waals surface area contributed by atoms with Crippen molar-refractivity contribution in [1.29, 1.82) is 0 Å². The van der Waals surface area contributed by atoms with E-state index in [-0.39, 0.29) is 0 Å². The number of nitrogens with zero attached hydrogens (tertiary/aromatic N) is 3. The summed E-state index contributed by atoms with van der Waals surface area (Å²) in [4.78, 5) is 15.6. The zero-order valence-corrected chi connectivity index (χ0v) is 10.4. The van der Waals surface area contributed by atoms with Gasteiger partial charge < -0.3 is 5.32 Å². The van der Waals surface area contributed by atoms with Gasteiger partial charge in [-0.05, 0) is 37.1 Å². The van der Waals surface area contributed by atoms with E-state index < -0.39 is 0 Å². The monoisotopic (exact) mass is 260 g/mol. The second kappa shape index (κ2) is 4.81. The van der Waals surface area contributed by atoms with Gasteiger partial charge in [0.15, 0.2) is 5.82 Å². The van der Waals surface area contributed by atoms with Crippen molar-refractivity contribution in [2.75, 3.05) is 5.32 Å². The van der Waals surface area contributed by atoms with Crippen LogP contribution in [0.3, 0.4) is 0 Å². The Morgan fingerprint density at radius 2 is 2.11 bits per heavy atom. The Hall–Kier alpha value is -1.82. The fraction of sp³-hybridized carbons (Fsp3) is 0.250. The molecule has 1 saturated carbocycles. The lowest BCUT2D eigenvalue weighted by Crippen LogP contribution is -1.93. The van der Waals surface area contributed by atoms with Crippen LogP contribution in [0.15, 0.2) is 35.5 Å². The Kier molecular flexibility index (Phi) is 3.02. The van der Waals surface area contributed by atoms with Gasteiger partial charge in [0.05, 0.1) is 0 Å². The molecule has 1 amide bonds. The molecule has 1 N–H and O–H groups in total. The summed E-state index contributed by atoms with van der Waals surface area (Å²) < 4.78 is 1.77. The first-order valence-corrected chi connectivity index (χ1v) is 6.52. The summed E-state index contributed by atoms with van der Waals surface area (Å²) in [5.41, 5.74) is 0.784. The molecule has 6 heteroatoms. The van der Waals surface area contributed by atoms with Gasteiger partial charge in [0, 0.05) is 28.4 Å². The highest BCUT2D eigenvalue weighted by Crippen LogP contribution is 2.38. The van der Waals surface area contributed by atoms with E-state index in [0.29, 0.717) is 12.3 Å². The summed E-state index contributed by atoms with van der Waals surface area (Å²) in [5, 5.41) is 7.02. The molecule has 1 aromatic carbocycles. The van der Waals surface area contributed by atoms with Crippen LogP contribution < -0.4 is 5.32 Å². The van der Waals surface area contributed by atoms with Gasteiger partial charge in [0.25, 0.3) is 0 Å². The van der Waals surface area contributed by atoms with Crippen molar-refractivity contribution in [1.82, 2.24) is 14.2 Å². The van der Waals surface area contributed by atoms with Crippen LogP contribution in [-0.2, 0) is 4.79 Å². The molecule has 1 aliphatic carbocycles. The van der Waals surface area contributed by atoms with E-state index in [4.69, 9.17) is 0 Å². The predicted octanol–water partition coefficient (Wildman–Crippen LogP) is 2.28. The topological polar surface area (TPSA) is 59.8 Å². The molecule has 1 heterocycles. The molecule has 2 aromatic rings. The van der Waals surface area contributed by atoms with E-state index in [1.165, 1.54) is 24.8 Å². The van der Waals surface area contributed by atoms with Crippen molar-refractivity contribution in [2.45, 2.75) is 23.7 Å². The third-order valence-electron chi connectivity index (χ3n) is 2.71. The number of amides is 1. The molecule has 0 aliphatic heterocycles. The highest BCUT2D eigenvalue weighted by molar-refractivity contribution is 7.97. The van der Waals surface area contributed by atoms with E-state index in [1.54, 1.807) is 10.4 Å². The number of hydrogen-bond donors (Lipinski definition) is 1. The van der Waals surface area contributed by atoms with Crippen molar-refractivity contribution in [3.63, 3.8) is 0 Å². The summed E-state index contributed by atoms with van der Waals surface area (Å²) in [6.45, 7) is 0. The first-order chi connectivity index (χ1) is 8.85. The minimum atomic E-state index is 0.575. The van der Waals surface area contributed by atoms with Crippen molar-refractivity contribution in [3.8, 4) is 0 Å². The van der Waals surface area contributed by atoms with Crippen LogP contribution in [0.5, 0.6) is 0 Å². The normalized spacial score (nSPS) is 14.4. The standard InChI is InChI=1S/C12H12N4OS/c17-8-14-10-3-5-11(6-4-10)18-16-7-13-12(15-16)9-1-2-9/h3-9H,1-2H2,(H,14,17). The van der Waals surface area contributed by atoms with Gasteiger partial charge in [-0.15, -0.1) is 5.10 Å². The van der Waals surface area contributed by atoms with Crippen LogP contribution in [0.1, 0.15) is 24.6 Å². The number of carbonyl (C=O) groups excluding carboxylic acids is 1. The highest BCUT2D eigenvalue weighted by Gasteiger charge is 2.27. The maximum absolute atomic E-state index is 10.3. The van der Waals surface area contributed by atoms with Gasteiger partial charge in [-0.2, -0.15) is 4.09 Å². The zero-order chi connectivity index (χ0) is 12.4. The molecule has 0 unspecified atom stereocenters. The molecular weight excluding hydrogens is 248 g/mol. The fourth-order valence-electron chi connectivity index (χ4n) is 1.62. The summed E-state index contributed by atoms with van der Waals surface area (Å²) in [5.74, 6) is 1.52. The van der Waals surface area contributed by atoms with Crippen molar-refractivity contribution in [2.24, 2.45) is 0 Å². The van der Waals surface area contributed by atoms with Crippen LogP contribution >= 0.6 is 11.9 Å². The van der Waals surface area contributed by atoms with Crippen LogP contribution in [0, 0.1) is 0 Å². The van der Waals surface area contributed by atoms with Crippen molar-refractivity contribution >= 4 is 24.0 Å². The molecule has 3 rings (SSSR count). The molecule has 1 fully saturated rings. The molecular formula is C12H12N4OS. The quantitative estimate of drug-likeness (QED) is 0.838. The maximum Gasteiger partial charge on any atom is 0.211 e. The molecule has 1 aromatic heterocycles. The molecule has 18 heavy (non-hydrogen) atoms. The van der Waals surface area contributed by atoms with Crippen LogP contribution in [0.25, 0.3) is 0 Å². The Morgan fingerprint density at radius 3 is 2.78 bits per heavy atom. The van der Waals surface area contributed by atoms with Crippen LogP contribution in [0.2, 0.25) is 0 Å². The van der Waals surface area contributed by atoms with Gasteiger partial charge in [-0.3, -0.25) is 4.79 Å². The minimum Gasteiger partial charge on any atom is -0.329 e. The predicted molar refractivity (Wildman–Crippen MR) is 69.4 cm³/mol. The van der Waals surface area contributed by atoms with Gasteiger partial charge in [0.1, 0.15) is 6.33 Å². The van der Waals surface area contributed by atoms with Gasteiger partial charge in [0.2, 0.25) is 6.41 Å². The smallest absolute Gasteiger partial charge is 0.211 e. The maximum atomic E-state index is 10.3. The average Bonchev–Trinajstić information content (AvgIpc) is 3.13. The van der Waals surface area contributed by atoms with E-state index >= 15 is 0 Å². The van der Waals surface area contributed by atoms with Gasteiger partial charge >= 0.3 is 0 Å². The molecule has 5 nitrogen and oxygen atoms in total. The SMILES string of the molecule is O=CNc1ccc(Sn2cnc(C3CC3)n2)cc1. The van der Waals surface area contributed by atoms with Gasteiger partial charge in [-0.25, -0.2) is 4.98 Å². The largest absolute Gasteiger partial charge is 0.329 e. The van der Waals surface area contributed by atoms with Crippen molar-refractivity contribution < 1.29 is 4.79 Å². The Bertz CT molecular complexity index is 547. The third kappa shape index (κ3) is 2.53. The second-order valence-electron chi connectivity index (χ2n) is 4.16. The molecule has 1 aliphatic rings. The van der Waals surface area contributed by atoms with E-state index in [0.717, 1.165) is 16.4 Å². The number of anilines is 1. The average molecular weight is 260 g/mol. The third-order valence-corrected chi connectivity index (χ3v) is 3.56. The first-order valence-electron chi connectivity index (χ1n) is 5.75.